The lowest BCUT2D eigenvalue weighted by molar-refractivity contribution is -0.200. The number of aromatic nitrogens is 2. The molecule has 0 aliphatic carbocycles. The number of carbonyl (C=O) groups is 1. The van der Waals surface area contributed by atoms with E-state index in [4.69, 9.17) is 0 Å². The summed E-state index contributed by atoms with van der Waals surface area (Å²) >= 11 is 1.50. The fourth-order valence-corrected chi connectivity index (χ4v) is 4.23. The van der Waals surface area contributed by atoms with Crippen molar-refractivity contribution >= 4 is 28.6 Å². The number of hydrogen-bond acceptors (Lipinski definition) is 6. The second-order valence-electron chi connectivity index (χ2n) is 6.59. The minimum atomic E-state index is -5.21. The number of thioether (sulfide) groups is 1. The van der Waals surface area contributed by atoms with Crippen molar-refractivity contribution in [2.75, 3.05) is 13.1 Å². The molecule has 2 aromatic rings. The van der Waals surface area contributed by atoms with Crippen molar-refractivity contribution in [1.29, 1.82) is 0 Å². The molecule has 1 aromatic carbocycles. The highest BCUT2D eigenvalue weighted by molar-refractivity contribution is 7.99. The summed E-state index contributed by atoms with van der Waals surface area (Å²) in [5.74, 6) is -2.30. The van der Waals surface area contributed by atoms with Crippen LogP contribution in [0.4, 0.5) is 13.2 Å². The van der Waals surface area contributed by atoms with Gasteiger partial charge in [0.15, 0.2) is 5.82 Å². The second-order valence-corrected chi connectivity index (χ2v) is 7.88. The lowest BCUT2D eigenvalue weighted by Crippen LogP contribution is -2.40. The minimum Gasteiger partial charge on any atom is -0.323 e. The molecular formula is C18H20F3N3O3S. The fraction of sp³-hybridized carbons (Fsp3) is 0.500. The van der Waals surface area contributed by atoms with Crippen LogP contribution in [0.25, 0.3) is 10.9 Å². The predicted octanol–water partition coefficient (Wildman–Crippen LogP) is 2.60. The summed E-state index contributed by atoms with van der Waals surface area (Å²) < 4.78 is 38.4. The Morgan fingerprint density at radius 1 is 1.36 bits per heavy atom. The van der Waals surface area contributed by atoms with E-state index in [9.17, 15) is 22.8 Å². The molecule has 1 aliphatic heterocycles. The molecule has 1 fully saturated rings. The SMILES string of the molecule is Cc1cccc2c(=O)n(OC(=O)C(F)(F)F)c(CSC3CCCNCC3)nc12. The summed E-state index contributed by atoms with van der Waals surface area (Å²) in [7, 11) is 0. The summed E-state index contributed by atoms with van der Waals surface area (Å²) in [6.45, 7) is 3.55. The number of fused-ring (bicyclic) bond motifs is 1. The van der Waals surface area contributed by atoms with E-state index in [0.717, 1.165) is 32.4 Å². The monoisotopic (exact) mass is 415 g/mol. The first kappa shape index (κ1) is 20.7. The van der Waals surface area contributed by atoms with Gasteiger partial charge in [-0.25, -0.2) is 9.78 Å². The molecule has 0 radical (unpaired) electrons. The van der Waals surface area contributed by atoms with Crippen molar-refractivity contribution in [3.8, 4) is 0 Å². The molecule has 0 spiro atoms. The van der Waals surface area contributed by atoms with E-state index in [2.05, 4.69) is 15.1 Å². The van der Waals surface area contributed by atoms with E-state index in [0.29, 0.717) is 15.8 Å². The van der Waals surface area contributed by atoms with Crippen molar-refractivity contribution in [2.24, 2.45) is 0 Å². The van der Waals surface area contributed by atoms with Crippen molar-refractivity contribution in [1.82, 2.24) is 15.0 Å². The number of nitrogens with zero attached hydrogens (tertiary/aromatic N) is 2. The van der Waals surface area contributed by atoms with Gasteiger partial charge in [-0.3, -0.25) is 4.79 Å². The Bertz CT molecular complexity index is 922. The van der Waals surface area contributed by atoms with E-state index in [1.165, 1.54) is 17.8 Å². The molecule has 152 valence electrons. The van der Waals surface area contributed by atoms with Crippen LogP contribution >= 0.6 is 11.8 Å². The van der Waals surface area contributed by atoms with Crippen LogP contribution in [0.3, 0.4) is 0 Å². The zero-order valence-corrected chi connectivity index (χ0v) is 16.0. The van der Waals surface area contributed by atoms with Gasteiger partial charge in [-0.05, 0) is 50.9 Å². The molecular weight excluding hydrogens is 395 g/mol. The van der Waals surface area contributed by atoms with E-state index in [1.54, 1.807) is 19.1 Å². The Morgan fingerprint density at radius 3 is 2.89 bits per heavy atom. The van der Waals surface area contributed by atoms with Crippen molar-refractivity contribution in [3.63, 3.8) is 0 Å². The van der Waals surface area contributed by atoms with Crippen LogP contribution in [0.5, 0.6) is 0 Å². The number of carbonyl (C=O) groups excluding carboxylic acids is 1. The van der Waals surface area contributed by atoms with Gasteiger partial charge >= 0.3 is 12.1 Å². The molecule has 10 heteroatoms. The average Bonchev–Trinajstić information content (AvgIpc) is 2.91. The number of halogens is 3. The fourth-order valence-electron chi connectivity index (χ4n) is 3.05. The zero-order chi connectivity index (χ0) is 20.3. The maximum Gasteiger partial charge on any atom is 0.493 e. The molecule has 1 aromatic heterocycles. The maximum absolute atomic E-state index is 12.7. The smallest absolute Gasteiger partial charge is 0.323 e. The maximum atomic E-state index is 12.7. The molecule has 28 heavy (non-hydrogen) atoms. The van der Waals surface area contributed by atoms with Crippen molar-refractivity contribution < 1.29 is 22.8 Å². The third-order valence-corrected chi connectivity index (χ3v) is 5.87. The van der Waals surface area contributed by atoms with Crippen LogP contribution in [0.15, 0.2) is 23.0 Å². The standard InChI is InChI=1S/C18H20F3N3O3S/c1-11-4-2-6-13-15(11)23-14(10-28-12-5-3-8-22-9-7-12)24(16(13)25)27-17(26)18(19,20)21/h2,4,6,12,22H,3,5,7-10H2,1H3. The highest BCUT2D eigenvalue weighted by atomic mass is 32.2. The number of benzene rings is 1. The van der Waals surface area contributed by atoms with Crippen molar-refractivity contribution in [3.05, 3.63) is 39.9 Å². The topological polar surface area (TPSA) is 73.2 Å². The van der Waals surface area contributed by atoms with Gasteiger partial charge in [0.05, 0.1) is 16.7 Å². The molecule has 1 saturated heterocycles. The molecule has 6 nitrogen and oxygen atoms in total. The quantitative estimate of drug-likeness (QED) is 0.828. The first-order valence-electron chi connectivity index (χ1n) is 8.90. The second kappa shape index (κ2) is 8.52. The summed E-state index contributed by atoms with van der Waals surface area (Å²) in [4.78, 5) is 32.8. The van der Waals surface area contributed by atoms with Gasteiger partial charge in [0.2, 0.25) is 0 Å². The zero-order valence-electron chi connectivity index (χ0n) is 15.2. The van der Waals surface area contributed by atoms with Gasteiger partial charge in [0.25, 0.3) is 5.56 Å². The summed E-state index contributed by atoms with van der Waals surface area (Å²) in [6.07, 6.45) is -2.35. The van der Waals surface area contributed by atoms with Crippen LogP contribution in [0.2, 0.25) is 0 Å². The Labute approximate surface area is 163 Å². The van der Waals surface area contributed by atoms with Crippen molar-refractivity contribution in [2.45, 2.75) is 43.4 Å². The summed E-state index contributed by atoms with van der Waals surface area (Å²) in [5.41, 5.74) is 0.281. The first-order chi connectivity index (χ1) is 13.3. The molecule has 1 unspecified atom stereocenters. The number of hydrogen-bond donors (Lipinski definition) is 1. The van der Waals surface area contributed by atoms with Crippen LogP contribution in [-0.4, -0.2) is 40.2 Å². The molecule has 0 bridgehead atoms. The van der Waals surface area contributed by atoms with Crippen LogP contribution in [0.1, 0.15) is 30.7 Å². The lowest BCUT2D eigenvalue weighted by atomic mass is 10.1. The molecule has 2 heterocycles. The van der Waals surface area contributed by atoms with Gasteiger partial charge in [-0.2, -0.15) is 24.9 Å². The number of aryl methyl sites for hydroxylation is 1. The van der Waals surface area contributed by atoms with E-state index in [-0.39, 0.29) is 22.2 Å². The predicted molar refractivity (Wildman–Crippen MR) is 100 cm³/mol. The van der Waals surface area contributed by atoms with Gasteiger partial charge in [-0.1, -0.05) is 12.1 Å². The van der Waals surface area contributed by atoms with Crippen LogP contribution < -0.4 is 15.7 Å². The number of rotatable bonds is 4. The number of alkyl halides is 3. The van der Waals surface area contributed by atoms with E-state index < -0.39 is 17.7 Å². The highest BCUT2D eigenvalue weighted by Gasteiger charge is 2.42. The van der Waals surface area contributed by atoms with Crippen LogP contribution in [0, 0.1) is 6.92 Å². The third kappa shape index (κ3) is 4.67. The average molecular weight is 415 g/mol. The summed E-state index contributed by atoms with van der Waals surface area (Å²) in [6, 6.07) is 4.81. The minimum absolute atomic E-state index is 0.00777. The number of para-hydroxylation sites is 1. The van der Waals surface area contributed by atoms with E-state index >= 15 is 0 Å². The molecule has 1 atom stereocenters. The highest BCUT2D eigenvalue weighted by Crippen LogP contribution is 2.25. The van der Waals surface area contributed by atoms with Crippen LogP contribution in [-0.2, 0) is 10.5 Å². The summed E-state index contributed by atoms with van der Waals surface area (Å²) in [5, 5.41) is 3.67. The Balaban J connectivity index is 1.97. The molecule has 1 aliphatic rings. The van der Waals surface area contributed by atoms with Gasteiger partial charge in [0.1, 0.15) is 0 Å². The van der Waals surface area contributed by atoms with Gasteiger partial charge in [-0.15, -0.1) is 4.73 Å². The van der Waals surface area contributed by atoms with Gasteiger partial charge in [0, 0.05) is 5.25 Å². The molecule has 0 amide bonds. The third-order valence-electron chi connectivity index (χ3n) is 4.50. The molecule has 0 saturated carbocycles. The first-order valence-corrected chi connectivity index (χ1v) is 9.95. The largest absolute Gasteiger partial charge is 0.493 e. The lowest BCUT2D eigenvalue weighted by Gasteiger charge is -2.17. The Kier molecular flexibility index (Phi) is 6.29. The molecule has 3 rings (SSSR count). The normalized spacial score (nSPS) is 18.1. The number of nitrogens with one attached hydrogen (secondary N) is 1. The van der Waals surface area contributed by atoms with E-state index in [1.807, 2.05) is 0 Å². The molecule has 1 N–H and O–H groups in total. The Morgan fingerprint density at radius 2 is 2.14 bits per heavy atom. The van der Waals surface area contributed by atoms with Gasteiger partial charge < -0.3 is 10.2 Å². The Hall–Kier alpha value is -2.07.